The Morgan fingerprint density at radius 2 is 1.90 bits per heavy atom. The molecule has 1 N–H and O–H groups in total. The molecule has 0 bridgehead atoms. The lowest BCUT2D eigenvalue weighted by Gasteiger charge is -2.19. The summed E-state index contributed by atoms with van der Waals surface area (Å²) in [6.45, 7) is 8.16. The van der Waals surface area contributed by atoms with Crippen LogP contribution < -0.4 is 5.32 Å². The van der Waals surface area contributed by atoms with Crippen LogP contribution in [-0.4, -0.2) is 36.5 Å². The molecule has 0 aliphatic heterocycles. The second-order valence-corrected chi connectivity index (χ2v) is 8.74. The molecule has 7 heteroatoms. The highest BCUT2D eigenvalue weighted by Crippen LogP contribution is 2.23. The molecule has 160 valence electrons. The number of nitrogens with zero attached hydrogens (tertiary/aromatic N) is 5. The van der Waals surface area contributed by atoms with E-state index in [9.17, 15) is 4.79 Å². The molecular weight excluding hydrogens is 388 g/mol. The van der Waals surface area contributed by atoms with Crippen molar-refractivity contribution < 1.29 is 4.79 Å². The lowest BCUT2D eigenvalue weighted by molar-refractivity contribution is 0.0992. The van der Waals surface area contributed by atoms with Gasteiger partial charge in [-0.25, -0.2) is 9.97 Å². The Balaban J connectivity index is 1.45. The fraction of sp³-hybridized carbons (Fsp3) is 0.333. The lowest BCUT2D eigenvalue weighted by Crippen LogP contribution is -2.13. The van der Waals surface area contributed by atoms with Gasteiger partial charge in [-0.2, -0.15) is 9.61 Å². The average Bonchev–Trinajstić information content (AvgIpc) is 3.42. The minimum absolute atomic E-state index is 0.0582. The van der Waals surface area contributed by atoms with E-state index in [0.29, 0.717) is 5.56 Å². The molecule has 31 heavy (non-hydrogen) atoms. The zero-order valence-corrected chi connectivity index (χ0v) is 18.2. The molecule has 1 aromatic carbocycles. The third kappa shape index (κ3) is 4.99. The summed E-state index contributed by atoms with van der Waals surface area (Å²) in [6.07, 6.45) is 8.46. The second-order valence-electron chi connectivity index (χ2n) is 8.74. The SMILES string of the molecule is CC(C)(C)c1ccc(C(=O)Cc2cc(NCCCn3ccnc3)n3nccc3n2)cc1. The van der Waals surface area contributed by atoms with Crippen LogP contribution in [0.25, 0.3) is 5.65 Å². The minimum Gasteiger partial charge on any atom is -0.370 e. The molecule has 0 spiro atoms. The topological polar surface area (TPSA) is 77.1 Å². The number of benzene rings is 1. The summed E-state index contributed by atoms with van der Waals surface area (Å²) in [5, 5.41) is 7.78. The van der Waals surface area contributed by atoms with E-state index in [1.54, 1.807) is 16.9 Å². The Kier molecular flexibility index (Phi) is 5.84. The van der Waals surface area contributed by atoms with Gasteiger partial charge in [0.25, 0.3) is 0 Å². The van der Waals surface area contributed by atoms with E-state index >= 15 is 0 Å². The predicted molar refractivity (Wildman–Crippen MR) is 121 cm³/mol. The van der Waals surface area contributed by atoms with Crippen LogP contribution in [0.2, 0.25) is 0 Å². The molecule has 0 saturated heterocycles. The fourth-order valence-corrected chi connectivity index (χ4v) is 3.50. The van der Waals surface area contributed by atoms with Crippen molar-refractivity contribution in [2.45, 2.75) is 45.6 Å². The summed E-state index contributed by atoms with van der Waals surface area (Å²) >= 11 is 0. The van der Waals surface area contributed by atoms with Crippen LogP contribution in [0.15, 0.2) is 61.3 Å². The summed E-state index contributed by atoms with van der Waals surface area (Å²) in [4.78, 5) is 21.5. The first-order valence-corrected chi connectivity index (χ1v) is 10.6. The molecule has 0 saturated carbocycles. The van der Waals surface area contributed by atoms with Gasteiger partial charge in [-0.3, -0.25) is 4.79 Å². The number of hydrogen-bond donors (Lipinski definition) is 1. The zero-order chi connectivity index (χ0) is 21.8. The van der Waals surface area contributed by atoms with Crippen molar-refractivity contribution in [1.29, 1.82) is 0 Å². The van der Waals surface area contributed by atoms with Gasteiger partial charge in [0.2, 0.25) is 0 Å². The van der Waals surface area contributed by atoms with Gasteiger partial charge in [0.15, 0.2) is 11.4 Å². The standard InChI is InChI=1S/C24H28N6O/c1-24(2,3)19-7-5-18(6-8-19)21(31)15-20-16-23(30-22(28-20)9-11-27-30)26-10-4-13-29-14-12-25-17-29/h5-9,11-12,14,16-17,26H,4,10,13,15H2,1-3H3. The average molecular weight is 417 g/mol. The molecule has 0 unspecified atom stereocenters. The monoisotopic (exact) mass is 416 g/mol. The maximum Gasteiger partial charge on any atom is 0.168 e. The van der Waals surface area contributed by atoms with Gasteiger partial charge in [-0.1, -0.05) is 45.0 Å². The number of aryl methyl sites for hydroxylation is 1. The number of carbonyl (C=O) groups excluding carboxylic acids is 1. The number of anilines is 1. The van der Waals surface area contributed by atoms with E-state index in [2.05, 4.69) is 41.2 Å². The number of imidazole rings is 1. The van der Waals surface area contributed by atoms with Gasteiger partial charge in [-0.05, 0) is 17.4 Å². The van der Waals surface area contributed by atoms with Crippen LogP contribution in [0, 0.1) is 0 Å². The number of hydrogen-bond acceptors (Lipinski definition) is 5. The Morgan fingerprint density at radius 1 is 1.10 bits per heavy atom. The molecule has 4 rings (SSSR count). The van der Waals surface area contributed by atoms with E-state index in [1.807, 2.05) is 53.5 Å². The largest absolute Gasteiger partial charge is 0.370 e. The zero-order valence-electron chi connectivity index (χ0n) is 18.2. The third-order valence-electron chi connectivity index (χ3n) is 5.29. The number of aromatic nitrogens is 5. The Morgan fingerprint density at radius 3 is 2.61 bits per heavy atom. The molecule has 3 heterocycles. The molecule has 0 amide bonds. The minimum atomic E-state index is 0.0582. The van der Waals surface area contributed by atoms with Crippen molar-refractivity contribution in [1.82, 2.24) is 24.1 Å². The number of Topliss-reactive ketones (excluding diaryl/α,β-unsaturated/α-hetero) is 1. The summed E-state index contributed by atoms with van der Waals surface area (Å²) in [5.41, 5.74) is 3.44. The first-order valence-electron chi connectivity index (χ1n) is 10.6. The van der Waals surface area contributed by atoms with Crippen molar-refractivity contribution in [3.8, 4) is 0 Å². The first-order chi connectivity index (χ1) is 14.9. The number of carbonyl (C=O) groups is 1. The number of ketones is 1. The van der Waals surface area contributed by atoms with Crippen molar-refractivity contribution in [2.24, 2.45) is 0 Å². The van der Waals surface area contributed by atoms with Gasteiger partial charge >= 0.3 is 0 Å². The molecule has 0 radical (unpaired) electrons. The summed E-state index contributed by atoms with van der Waals surface area (Å²) < 4.78 is 3.82. The van der Waals surface area contributed by atoms with Gasteiger partial charge in [-0.15, -0.1) is 0 Å². The molecule has 4 aromatic rings. The van der Waals surface area contributed by atoms with Gasteiger partial charge in [0.05, 0.1) is 24.6 Å². The second kappa shape index (κ2) is 8.71. The van der Waals surface area contributed by atoms with E-state index < -0.39 is 0 Å². The molecule has 0 atom stereocenters. The van der Waals surface area contributed by atoms with Crippen molar-refractivity contribution in [3.05, 3.63) is 78.1 Å². The summed E-state index contributed by atoms with van der Waals surface area (Å²) in [7, 11) is 0. The Labute approximate surface area is 182 Å². The van der Waals surface area contributed by atoms with E-state index in [4.69, 9.17) is 0 Å². The van der Waals surface area contributed by atoms with Crippen LogP contribution in [0.1, 0.15) is 48.8 Å². The van der Waals surface area contributed by atoms with Crippen LogP contribution in [-0.2, 0) is 18.4 Å². The van der Waals surface area contributed by atoms with Crippen LogP contribution in [0.5, 0.6) is 0 Å². The first kappa shape index (κ1) is 20.8. The third-order valence-corrected chi connectivity index (χ3v) is 5.29. The smallest absolute Gasteiger partial charge is 0.168 e. The normalized spacial score (nSPS) is 11.7. The van der Waals surface area contributed by atoms with Gasteiger partial charge < -0.3 is 9.88 Å². The van der Waals surface area contributed by atoms with Crippen molar-refractivity contribution in [3.63, 3.8) is 0 Å². The fourth-order valence-electron chi connectivity index (χ4n) is 3.50. The molecule has 7 nitrogen and oxygen atoms in total. The summed E-state index contributed by atoms with van der Waals surface area (Å²) in [6, 6.07) is 11.7. The van der Waals surface area contributed by atoms with E-state index in [1.165, 1.54) is 5.56 Å². The van der Waals surface area contributed by atoms with Crippen LogP contribution in [0.3, 0.4) is 0 Å². The van der Waals surface area contributed by atoms with Crippen LogP contribution >= 0.6 is 0 Å². The van der Waals surface area contributed by atoms with Gasteiger partial charge in [0, 0.05) is 43.2 Å². The van der Waals surface area contributed by atoms with Gasteiger partial charge in [0.1, 0.15) is 5.82 Å². The predicted octanol–water partition coefficient (Wildman–Crippen LogP) is 4.15. The number of nitrogens with one attached hydrogen (secondary N) is 1. The molecule has 3 aromatic heterocycles. The lowest BCUT2D eigenvalue weighted by atomic mass is 9.86. The van der Waals surface area contributed by atoms with Crippen LogP contribution in [0.4, 0.5) is 5.82 Å². The number of fused-ring (bicyclic) bond motifs is 1. The van der Waals surface area contributed by atoms with E-state index in [0.717, 1.165) is 36.7 Å². The highest BCUT2D eigenvalue weighted by molar-refractivity contribution is 5.97. The maximum atomic E-state index is 12.9. The Bertz CT molecular complexity index is 1150. The highest BCUT2D eigenvalue weighted by Gasteiger charge is 2.15. The molecule has 0 aliphatic carbocycles. The van der Waals surface area contributed by atoms with Crippen molar-refractivity contribution in [2.75, 3.05) is 11.9 Å². The summed E-state index contributed by atoms with van der Waals surface area (Å²) in [5.74, 6) is 0.898. The molecular formula is C24H28N6O. The van der Waals surface area contributed by atoms with Crippen molar-refractivity contribution >= 4 is 17.2 Å². The molecule has 0 fully saturated rings. The number of rotatable bonds is 8. The quantitative estimate of drug-likeness (QED) is 0.345. The molecule has 0 aliphatic rings. The Hall–Kier alpha value is -3.48. The maximum absolute atomic E-state index is 12.9. The van der Waals surface area contributed by atoms with E-state index in [-0.39, 0.29) is 17.6 Å². The highest BCUT2D eigenvalue weighted by atomic mass is 16.1.